The second-order valence-corrected chi connectivity index (χ2v) is 7.97. The molecule has 1 saturated heterocycles. The van der Waals surface area contributed by atoms with Crippen LogP contribution < -0.4 is 10.2 Å². The molecule has 1 aliphatic carbocycles. The van der Waals surface area contributed by atoms with Gasteiger partial charge in [0.2, 0.25) is 11.8 Å². The summed E-state index contributed by atoms with van der Waals surface area (Å²) in [5.74, 6) is -0.169. The number of carbonyl (C=O) groups excluding carboxylic acids is 2. The van der Waals surface area contributed by atoms with E-state index in [4.69, 9.17) is 0 Å². The molecule has 2 aliphatic rings. The molecule has 2 aromatic rings. The molecule has 146 valence electrons. The molecule has 2 aromatic carbocycles. The molecule has 0 unspecified atom stereocenters. The van der Waals surface area contributed by atoms with Crippen LogP contribution in [-0.4, -0.2) is 42.9 Å². The molecule has 1 aliphatic heterocycles. The number of para-hydroxylation sites is 1. The Morgan fingerprint density at radius 2 is 1.61 bits per heavy atom. The van der Waals surface area contributed by atoms with Crippen LogP contribution >= 0.6 is 0 Å². The lowest BCUT2D eigenvalue weighted by molar-refractivity contribution is -0.142. The first-order chi connectivity index (χ1) is 13.5. The number of rotatable bonds is 4. The molecule has 1 N–H and O–H groups in total. The first-order valence-electron chi connectivity index (χ1n) is 9.98. The fourth-order valence-electron chi connectivity index (χ4n) is 3.97. The van der Waals surface area contributed by atoms with Crippen molar-refractivity contribution in [3.05, 3.63) is 59.7 Å². The van der Waals surface area contributed by atoms with E-state index < -0.39 is 5.41 Å². The highest BCUT2D eigenvalue weighted by molar-refractivity contribution is 6.13. The topological polar surface area (TPSA) is 52.7 Å². The van der Waals surface area contributed by atoms with Gasteiger partial charge in [-0.25, -0.2) is 0 Å². The maximum atomic E-state index is 13.1. The van der Waals surface area contributed by atoms with Crippen LogP contribution in [0.4, 0.5) is 11.4 Å². The van der Waals surface area contributed by atoms with E-state index in [9.17, 15) is 9.59 Å². The van der Waals surface area contributed by atoms with E-state index >= 15 is 0 Å². The Labute approximate surface area is 166 Å². The van der Waals surface area contributed by atoms with E-state index in [1.165, 1.54) is 5.69 Å². The smallest absolute Gasteiger partial charge is 0.240 e. The number of hydrogen-bond donors (Lipinski definition) is 1. The third-order valence-electron chi connectivity index (χ3n) is 5.91. The molecule has 0 bridgehead atoms. The van der Waals surface area contributed by atoms with Gasteiger partial charge in [0.15, 0.2) is 0 Å². The molecule has 5 nitrogen and oxygen atoms in total. The van der Waals surface area contributed by atoms with Crippen molar-refractivity contribution in [2.75, 3.05) is 36.4 Å². The molecule has 0 atom stereocenters. The molecule has 0 spiro atoms. The lowest BCUT2D eigenvalue weighted by Gasteiger charge is -2.37. The maximum Gasteiger partial charge on any atom is 0.240 e. The Morgan fingerprint density at radius 3 is 2.21 bits per heavy atom. The Balaban J connectivity index is 1.40. The molecule has 4 rings (SSSR count). The lowest BCUT2D eigenvalue weighted by Crippen LogP contribution is -2.52. The maximum absolute atomic E-state index is 13.1. The van der Waals surface area contributed by atoms with E-state index in [0.29, 0.717) is 25.9 Å². The molecule has 0 radical (unpaired) electrons. The van der Waals surface area contributed by atoms with Gasteiger partial charge in [-0.3, -0.25) is 9.59 Å². The summed E-state index contributed by atoms with van der Waals surface area (Å²) in [5.41, 5.74) is 3.29. The zero-order valence-corrected chi connectivity index (χ0v) is 16.6. The van der Waals surface area contributed by atoms with Gasteiger partial charge in [0, 0.05) is 37.6 Å². The highest BCUT2D eigenvalue weighted by Gasteiger charge is 2.58. The molecular formula is C23H27N3O2. The molecule has 28 heavy (non-hydrogen) atoms. The molecule has 1 heterocycles. The minimum atomic E-state index is -0.869. The molecule has 2 amide bonds. The molecular weight excluding hydrogens is 350 g/mol. The van der Waals surface area contributed by atoms with E-state index in [2.05, 4.69) is 22.3 Å². The van der Waals surface area contributed by atoms with Crippen molar-refractivity contribution in [2.45, 2.75) is 26.7 Å². The van der Waals surface area contributed by atoms with Crippen LogP contribution in [0.5, 0.6) is 0 Å². The molecule has 2 fully saturated rings. The third kappa shape index (κ3) is 3.49. The number of nitrogens with one attached hydrogen (secondary N) is 1. The highest BCUT2D eigenvalue weighted by Crippen LogP contribution is 2.48. The average Bonchev–Trinajstić information content (AvgIpc) is 3.52. The van der Waals surface area contributed by atoms with Gasteiger partial charge in [0.25, 0.3) is 0 Å². The standard InChI is InChI=1S/C23H27N3O2/c1-17-8-9-20(18(2)16-17)24-21(27)23(10-11-23)22(28)26-14-12-25(13-15-26)19-6-4-3-5-7-19/h3-9,16H,10-15H2,1-2H3,(H,24,27). The quantitative estimate of drug-likeness (QED) is 0.831. The van der Waals surface area contributed by atoms with Crippen molar-refractivity contribution in [3.63, 3.8) is 0 Å². The monoisotopic (exact) mass is 377 g/mol. The molecule has 0 aromatic heterocycles. The average molecular weight is 377 g/mol. The van der Waals surface area contributed by atoms with E-state index in [-0.39, 0.29) is 11.8 Å². The fraction of sp³-hybridized carbons (Fsp3) is 0.391. The van der Waals surface area contributed by atoms with Gasteiger partial charge in [-0.2, -0.15) is 0 Å². The van der Waals surface area contributed by atoms with Crippen LogP contribution in [0.2, 0.25) is 0 Å². The number of carbonyl (C=O) groups is 2. The van der Waals surface area contributed by atoms with Gasteiger partial charge >= 0.3 is 0 Å². The normalized spacial score (nSPS) is 17.9. The zero-order chi connectivity index (χ0) is 19.7. The van der Waals surface area contributed by atoms with Gasteiger partial charge in [0.1, 0.15) is 5.41 Å². The van der Waals surface area contributed by atoms with Crippen molar-refractivity contribution in [3.8, 4) is 0 Å². The van der Waals surface area contributed by atoms with E-state index in [1.807, 2.05) is 55.1 Å². The van der Waals surface area contributed by atoms with Gasteiger partial charge < -0.3 is 15.1 Å². The minimum Gasteiger partial charge on any atom is -0.368 e. The number of benzene rings is 2. The summed E-state index contributed by atoms with van der Waals surface area (Å²) in [4.78, 5) is 30.2. The lowest BCUT2D eigenvalue weighted by atomic mass is 10.0. The second kappa shape index (κ2) is 7.30. The Morgan fingerprint density at radius 1 is 0.929 bits per heavy atom. The first kappa shape index (κ1) is 18.5. The summed E-state index contributed by atoms with van der Waals surface area (Å²) in [6.45, 7) is 6.92. The zero-order valence-electron chi connectivity index (χ0n) is 16.6. The van der Waals surface area contributed by atoms with Gasteiger partial charge in [-0.15, -0.1) is 0 Å². The van der Waals surface area contributed by atoms with Crippen molar-refractivity contribution < 1.29 is 9.59 Å². The van der Waals surface area contributed by atoms with Crippen LogP contribution in [0.25, 0.3) is 0 Å². The predicted octanol–water partition coefficient (Wildman–Crippen LogP) is 3.37. The highest BCUT2D eigenvalue weighted by atomic mass is 16.2. The Bertz CT molecular complexity index is 882. The minimum absolute atomic E-state index is 0.0116. The van der Waals surface area contributed by atoms with Crippen LogP contribution in [0, 0.1) is 19.3 Å². The number of hydrogen-bond acceptors (Lipinski definition) is 3. The first-order valence-corrected chi connectivity index (χ1v) is 9.98. The van der Waals surface area contributed by atoms with Crippen molar-refractivity contribution in [1.29, 1.82) is 0 Å². The fourth-order valence-corrected chi connectivity index (χ4v) is 3.97. The van der Waals surface area contributed by atoms with Crippen molar-refractivity contribution >= 4 is 23.2 Å². The molecule has 5 heteroatoms. The summed E-state index contributed by atoms with van der Waals surface area (Å²) in [6, 6.07) is 16.2. The second-order valence-electron chi connectivity index (χ2n) is 7.97. The summed E-state index contributed by atoms with van der Waals surface area (Å²) < 4.78 is 0. The Kier molecular flexibility index (Phi) is 4.84. The van der Waals surface area contributed by atoms with Gasteiger partial charge in [-0.05, 0) is 50.5 Å². The van der Waals surface area contributed by atoms with Crippen LogP contribution in [0.1, 0.15) is 24.0 Å². The molecule has 1 saturated carbocycles. The summed E-state index contributed by atoms with van der Waals surface area (Å²) in [6.07, 6.45) is 1.28. The van der Waals surface area contributed by atoms with E-state index in [0.717, 1.165) is 29.9 Å². The number of nitrogens with zero attached hydrogens (tertiary/aromatic N) is 2. The van der Waals surface area contributed by atoms with Crippen LogP contribution in [0.3, 0.4) is 0 Å². The van der Waals surface area contributed by atoms with Crippen molar-refractivity contribution in [1.82, 2.24) is 4.90 Å². The van der Waals surface area contributed by atoms with Crippen LogP contribution in [-0.2, 0) is 9.59 Å². The predicted molar refractivity (Wildman–Crippen MR) is 111 cm³/mol. The summed E-state index contributed by atoms with van der Waals surface area (Å²) in [5, 5.41) is 3.00. The Hall–Kier alpha value is -2.82. The number of piperazine rings is 1. The van der Waals surface area contributed by atoms with E-state index in [1.54, 1.807) is 0 Å². The van der Waals surface area contributed by atoms with Gasteiger partial charge in [-0.1, -0.05) is 35.9 Å². The van der Waals surface area contributed by atoms with Gasteiger partial charge in [0.05, 0.1) is 0 Å². The number of anilines is 2. The summed E-state index contributed by atoms with van der Waals surface area (Å²) >= 11 is 0. The number of amides is 2. The van der Waals surface area contributed by atoms with Crippen LogP contribution in [0.15, 0.2) is 48.5 Å². The third-order valence-corrected chi connectivity index (χ3v) is 5.91. The van der Waals surface area contributed by atoms with Crippen molar-refractivity contribution in [2.24, 2.45) is 5.41 Å². The largest absolute Gasteiger partial charge is 0.368 e. The summed E-state index contributed by atoms with van der Waals surface area (Å²) in [7, 11) is 0. The number of aryl methyl sites for hydroxylation is 2. The SMILES string of the molecule is Cc1ccc(NC(=O)C2(C(=O)N3CCN(c4ccccc4)CC3)CC2)c(C)c1.